The highest BCUT2D eigenvalue weighted by Crippen LogP contribution is 2.34. The molecule has 0 saturated carbocycles. The van der Waals surface area contributed by atoms with Gasteiger partial charge in [0.2, 0.25) is 11.8 Å². The van der Waals surface area contributed by atoms with Gasteiger partial charge in [-0.3, -0.25) is 13.9 Å². The van der Waals surface area contributed by atoms with Crippen LogP contribution in [0.3, 0.4) is 0 Å². The molecule has 0 heterocycles. The predicted molar refractivity (Wildman–Crippen MR) is 199 cm³/mol. The molecule has 0 aliphatic heterocycles. The summed E-state index contributed by atoms with van der Waals surface area (Å²) in [5.41, 5.74) is 2.46. The second kappa shape index (κ2) is 16.2. The van der Waals surface area contributed by atoms with Gasteiger partial charge in [0.1, 0.15) is 12.6 Å². The van der Waals surface area contributed by atoms with E-state index in [2.05, 4.69) is 5.32 Å². The van der Waals surface area contributed by atoms with Crippen molar-refractivity contribution >= 4 is 50.7 Å². The summed E-state index contributed by atoms with van der Waals surface area (Å²) in [6.45, 7) is 8.42. The van der Waals surface area contributed by atoms with Crippen molar-refractivity contribution in [3.8, 4) is 11.5 Å². The van der Waals surface area contributed by atoms with Crippen LogP contribution in [0.2, 0.25) is 10.0 Å². The van der Waals surface area contributed by atoms with Crippen LogP contribution in [0, 0.1) is 13.8 Å². The van der Waals surface area contributed by atoms with Crippen molar-refractivity contribution in [2.24, 2.45) is 0 Å². The zero-order valence-corrected chi connectivity index (χ0v) is 31.6. The molecule has 0 saturated heterocycles. The molecule has 4 rings (SSSR count). The number of amides is 2. The lowest BCUT2D eigenvalue weighted by molar-refractivity contribution is -0.140. The molecule has 12 heteroatoms. The van der Waals surface area contributed by atoms with E-state index in [1.807, 2.05) is 71.0 Å². The number of nitrogens with one attached hydrogen (secondary N) is 1. The molecule has 266 valence electrons. The third-order valence-corrected chi connectivity index (χ3v) is 10.4. The summed E-state index contributed by atoms with van der Waals surface area (Å²) >= 11 is 13.2. The van der Waals surface area contributed by atoms with Gasteiger partial charge in [-0.15, -0.1) is 0 Å². The summed E-state index contributed by atoms with van der Waals surface area (Å²) in [7, 11) is -1.54. The summed E-state index contributed by atoms with van der Waals surface area (Å²) in [6.07, 6.45) is 0.141. The van der Waals surface area contributed by atoms with Gasteiger partial charge < -0.3 is 19.7 Å². The highest BCUT2D eigenvalue weighted by molar-refractivity contribution is 7.92. The first-order valence-corrected chi connectivity index (χ1v) is 18.1. The maximum atomic E-state index is 14.8. The first kappa shape index (κ1) is 38.6. The molecule has 0 aromatic heterocycles. The van der Waals surface area contributed by atoms with Gasteiger partial charge in [0.05, 0.1) is 24.8 Å². The molecule has 2 amide bonds. The fourth-order valence-electron chi connectivity index (χ4n) is 5.59. The van der Waals surface area contributed by atoms with E-state index in [1.165, 1.54) is 37.3 Å². The minimum atomic E-state index is -4.40. The minimum absolute atomic E-state index is 0.117. The topological polar surface area (TPSA) is 105 Å². The fraction of sp³-hybridized carbons (Fsp3) is 0.316. The van der Waals surface area contributed by atoms with E-state index in [4.69, 9.17) is 32.7 Å². The Kier molecular flexibility index (Phi) is 12.5. The van der Waals surface area contributed by atoms with Gasteiger partial charge in [-0.2, -0.15) is 0 Å². The highest BCUT2D eigenvalue weighted by atomic mass is 35.5. The number of carbonyl (C=O) groups is 2. The fourth-order valence-corrected chi connectivity index (χ4v) is 7.52. The molecule has 0 bridgehead atoms. The number of aryl methyl sites for hydroxylation is 2. The molecule has 1 atom stereocenters. The SMILES string of the molecule is COc1ccc(S(=O)(=O)N(CC(=O)N(Cc2c(Cl)cccc2Cl)[C@H](Cc2ccccc2)C(=O)NC(C)(C)C)c2cc(C)cc(C)c2)cc1OC. The summed E-state index contributed by atoms with van der Waals surface area (Å²) in [4.78, 5) is 30.2. The Morgan fingerprint density at radius 2 is 1.42 bits per heavy atom. The maximum absolute atomic E-state index is 14.8. The molecular formula is C38H43Cl2N3O6S. The molecule has 50 heavy (non-hydrogen) atoms. The monoisotopic (exact) mass is 739 g/mol. The lowest BCUT2D eigenvalue weighted by Gasteiger charge is -2.35. The molecule has 4 aromatic carbocycles. The molecule has 0 fully saturated rings. The first-order chi connectivity index (χ1) is 23.5. The van der Waals surface area contributed by atoms with E-state index >= 15 is 0 Å². The number of anilines is 1. The van der Waals surface area contributed by atoms with E-state index < -0.39 is 40.0 Å². The Labute approximate surface area is 305 Å². The summed E-state index contributed by atoms with van der Waals surface area (Å²) < 4.78 is 40.9. The van der Waals surface area contributed by atoms with Gasteiger partial charge in [-0.1, -0.05) is 65.7 Å². The second-order valence-corrected chi connectivity index (χ2v) is 15.7. The molecule has 0 aliphatic rings. The van der Waals surface area contributed by atoms with Gasteiger partial charge in [0.25, 0.3) is 10.0 Å². The van der Waals surface area contributed by atoms with Crippen molar-refractivity contribution in [1.82, 2.24) is 10.2 Å². The molecular weight excluding hydrogens is 697 g/mol. The molecule has 0 spiro atoms. The van der Waals surface area contributed by atoms with Gasteiger partial charge >= 0.3 is 0 Å². The van der Waals surface area contributed by atoms with Crippen molar-refractivity contribution in [3.05, 3.63) is 117 Å². The quantitative estimate of drug-likeness (QED) is 0.154. The van der Waals surface area contributed by atoms with Crippen LogP contribution < -0.4 is 19.1 Å². The van der Waals surface area contributed by atoms with Crippen LogP contribution in [-0.4, -0.2) is 57.5 Å². The van der Waals surface area contributed by atoms with E-state index in [0.717, 1.165) is 21.0 Å². The Morgan fingerprint density at radius 1 is 0.820 bits per heavy atom. The van der Waals surface area contributed by atoms with E-state index in [0.29, 0.717) is 21.4 Å². The zero-order valence-electron chi connectivity index (χ0n) is 29.3. The number of halogens is 2. The number of rotatable bonds is 13. The number of benzene rings is 4. The average molecular weight is 741 g/mol. The average Bonchev–Trinajstić information content (AvgIpc) is 3.05. The van der Waals surface area contributed by atoms with Crippen LogP contribution in [0.5, 0.6) is 11.5 Å². The van der Waals surface area contributed by atoms with Gasteiger partial charge in [0.15, 0.2) is 11.5 Å². The molecule has 4 aromatic rings. The second-order valence-electron chi connectivity index (χ2n) is 13.0. The van der Waals surface area contributed by atoms with Gasteiger partial charge in [-0.05, 0) is 87.7 Å². The van der Waals surface area contributed by atoms with Crippen LogP contribution in [0.1, 0.15) is 43.0 Å². The number of nitrogens with zero attached hydrogens (tertiary/aromatic N) is 2. The van der Waals surface area contributed by atoms with Crippen molar-refractivity contribution in [3.63, 3.8) is 0 Å². The number of hydrogen-bond donors (Lipinski definition) is 1. The van der Waals surface area contributed by atoms with Crippen molar-refractivity contribution in [1.29, 1.82) is 0 Å². The smallest absolute Gasteiger partial charge is 0.264 e. The van der Waals surface area contributed by atoms with Crippen molar-refractivity contribution in [2.75, 3.05) is 25.1 Å². The molecule has 1 N–H and O–H groups in total. The number of sulfonamides is 1. The third-order valence-electron chi connectivity index (χ3n) is 7.88. The number of ether oxygens (including phenoxy) is 2. The van der Waals surface area contributed by atoms with E-state index in [1.54, 1.807) is 30.3 Å². The van der Waals surface area contributed by atoms with Crippen molar-refractivity contribution < 1.29 is 27.5 Å². The summed E-state index contributed by atoms with van der Waals surface area (Å²) in [6, 6.07) is 22.8. The molecule has 0 unspecified atom stereocenters. The maximum Gasteiger partial charge on any atom is 0.264 e. The van der Waals surface area contributed by atoms with Crippen LogP contribution in [0.4, 0.5) is 5.69 Å². The van der Waals surface area contributed by atoms with Crippen LogP contribution in [0.15, 0.2) is 89.8 Å². The Balaban J connectivity index is 1.90. The predicted octanol–water partition coefficient (Wildman–Crippen LogP) is 7.38. The number of hydrogen-bond acceptors (Lipinski definition) is 6. The normalized spacial score (nSPS) is 12.2. The van der Waals surface area contributed by atoms with Gasteiger partial charge in [-0.25, -0.2) is 8.42 Å². The van der Waals surface area contributed by atoms with Crippen LogP contribution in [0.25, 0.3) is 0 Å². The highest BCUT2D eigenvalue weighted by Gasteiger charge is 2.36. The lowest BCUT2D eigenvalue weighted by atomic mass is 10.0. The first-order valence-electron chi connectivity index (χ1n) is 16.0. The third kappa shape index (κ3) is 9.50. The van der Waals surface area contributed by atoms with Crippen LogP contribution in [-0.2, 0) is 32.6 Å². The minimum Gasteiger partial charge on any atom is -0.493 e. The van der Waals surface area contributed by atoms with Crippen LogP contribution >= 0.6 is 23.2 Å². The zero-order chi connectivity index (χ0) is 36.8. The summed E-state index contributed by atoms with van der Waals surface area (Å²) in [5, 5.41) is 3.61. The Bertz CT molecular complexity index is 1910. The number of methoxy groups -OCH3 is 2. The Hall–Kier alpha value is -4.25. The lowest BCUT2D eigenvalue weighted by Crippen LogP contribution is -2.56. The number of carbonyl (C=O) groups excluding carboxylic acids is 2. The molecule has 9 nitrogen and oxygen atoms in total. The molecule has 0 aliphatic carbocycles. The Morgan fingerprint density at radius 3 is 1.98 bits per heavy atom. The molecule has 0 radical (unpaired) electrons. The van der Waals surface area contributed by atoms with E-state index in [-0.39, 0.29) is 29.3 Å². The standard InChI is InChI=1S/C38H43Cl2N3O6S/c1-25-18-26(2)20-28(19-25)43(50(46,47)29-16-17-34(48-6)35(22-29)49-7)24-36(44)42(23-30-31(39)14-11-15-32(30)40)33(37(45)41-38(3,4)5)21-27-12-9-8-10-13-27/h8-20,22,33H,21,23-24H2,1-7H3,(H,41,45)/t33-/m1/s1. The van der Waals surface area contributed by atoms with Gasteiger partial charge in [0, 0.05) is 40.2 Å². The largest absolute Gasteiger partial charge is 0.493 e. The summed E-state index contributed by atoms with van der Waals surface area (Å²) in [5.74, 6) is -0.512. The van der Waals surface area contributed by atoms with Crippen molar-refractivity contribution in [2.45, 2.75) is 64.1 Å². The van der Waals surface area contributed by atoms with E-state index in [9.17, 15) is 18.0 Å².